The molecular formula is C59H54N2. The zero-order valence-corrected chi connectivity index (χ0v) is 35.2. The summed E-state index contributed by atoms with van der Waals surface area (Å²) in [6, 6.07) is 61.7. The van der Waals surface area contributed by atoms with Crippen molar-refractivity contribution in [1.82, 2.24) is 0 Å². The number of rotatable bonds is 8. The molecule has 11 rings (SSSR count). The zero-order chi connectivity index (χ0) is 40.9. The van der Waals surface area contributed by atoms with Crippen LogP contribution in [-0.4, -0.2) is 6.04 Å². The molecule has 0 saturated heterocycles. The summed E-state index contributed by atoms with van der Waals surface area (Å²) in [6.07, 6.45) is 18.9. The summed E-state index contributed by atoms with van der Waals surface area (Å²) in [5.41, 5.74) is 14.1. The first kappa shape index (κ1) is 37.6. The SMILES string of the molecule is C=C[C@H]1C[C@H]2CCC(c3ccccc3N(c3ccc(-c4ccc(-c5cccc(N6c7ccccc7C7C=CC=CC76)c5)cc4)cc3)c3cccc4ccccc34)(C[C@@H](C)C2)C1. The first-order valence-electron chi connectivity index (χ1n) is 22.6. The number of fused-ring (bicyclic) bond motifs is 7. The van der Waals surface area contributed by atoms with Gasteiger partial charge >= 0.3 is 0 Å². The van der Waals surface area contributed by atoms with Gasteiger partial charge in [-0.25, -0.2) is 0 Å². The Bertz CT molecular complexity index is 2790. The maximum atomic E-state index is 4.36. The van der Waals surface area contributed by atoms with Gasteiger partial charge in [-0.1, -0.05) is 159 Å². The van der Waals surface area contributed by atoms with Gasteiger partial charge in [-0.05, 0) is 143 Å². The second-order valence-electron chi connectivity index (χ2n) is 18.4. The third-order valence-corrected chi connectivity index (χ3v) is 14.6. The summed E-state index contributed by atoms with van der Waals surface area (Å²) in [5, 5.41) is 2.52. The highest BCUT2D eigenvalue weighted by Crippen LogP contribution is 2.55. The van der Waals surface area contributed by atoms with Crippen molar-refractivity contribution in [1.29, 1.82) is 0 Å². The van der Waals surface area contributed by atoms with Crippen LogP contribution in [0.3, 0.4) is 0 Å². The molecule has 2 nitrogen and oxygen atoms in total. The van der Waals surface area contributed by atoms with Crippen molar-refractivity contribution < 1.29 is 0 Å². The fourth-order valence-electron chi connectivity index (χ4n) is 12.0. The van der Waals surface area contributed by atoms with Crippen LogP contribution in [0.1, 0.15) is 62.5 Å². The van der Waals surface area contributed by atoms with Crippen LogP contribution in [0.15, 0.2) is 201 Å². The topological polar surface area (TPSA) is 6.48 Å². The highest BCUT2D eigenvalue weighted by Gasteiger charge is 2.44. The molecule has 3 unspecified atom stereocenters. The smallest absolute Gasteiger partial charge is 0.0629 e. The first-order valence-corrected chi connectivity index (χ1v) is 22.6. The zero-order valence-electron chi connectivity index (χ0n) is 35.2. The van der Waals surface area contributed by atoms with Crippen molar-refractivity contribution in [3.63, 3.8) is 0 Å². The number of allylic oxidation sites excluding steroid dienone is 3. The molecule has 0 radical (unpaired) electrons. The molecule has 0 aromatic heterocycles. The molecule has 0 amide bonds. The molecule has 2 saturated carbocycles. The molecular weight excluding hydrogens is 737 g/mol. The summed E-state index contributed by atoms with van der Waals surface area (Å²) >= 11 is 0. The monoisotopic (exact) mass is 790 g/mol. The van der Waals surface area contributed by atoms with Crippen molar-refractivity contribution in [2.45, 2.75) is 62.8 Å². The number of para-hydroxylation sites is 2. The lowest BCUT2D eigenvalue weighted by Crippen LogP contribution is -2.32. The Morgan fingerprint density at radius 1 is 0.639 bits per heavy atom. The largest absolute Gasteiger partial charge is 0.333 e. The minimum Gasteiger partial charge on any atom is -0.333 e. The summed E-state index contributed by atoms with van der Waals surface area (Å²) in [6.45, 7) is 6.86. The molecule has 300 valence electrons. The molecule has 2 fully saturated rings. The summed E-state index contributed by atoms with van der Waals surface area (Å²) < 4.78 is 0. The van der Waals surface area contributed by atoms with E-state index in [9.17, 15) is 0 Å². The predicted molar refractivity (Wildman–Crippen MR) is 259 cm³/mol. The van der Waals surface area contributed by atoms with Crippen LogP contribution in [0.2, 0.25) is 0 Å². The van der Waals surface area contributed by atoms with Crippen molar-refractivity contribution in [3.05, 3.63) is 212 Å². The van der Waals surface area contributed by atoms with Gasteiger partial charge in [-0.3, -0.25) is 0 Å². The molecule has 1 aliphatic heterocycles. The molecule has 6 atom stereocenters. The van der Waals surface area contributed by atoms with Gasteiger partial charge in [-0.15, -0.1) is 6.58 Å². The lowest BCUT2D eigenvalue weighted by atomic mass is 9.66. The lowest BCUT2D eigenvalue weighted by molar-refractivity contribution is 0.248. The van der Waals surface area contributed by atoms with Crippen molar-refractivity contribution in [3.8, 4) is 22.3 Å². The van der Waals surface area contributed by atoms with Gasteiger partial charge in [-0.2, -0.15) is 0 Å². The first-order chi connectivity index (χ1) is 30.0. The van der Waals surface area contributed by atoms with E-state index in [0.717, 1.165) is 5.92 Å². The van der Waals surface area contributed by atoms with Gasteiger partial charge in [0.2, 0.25) is 0 Å². The molecule has 7 aromatic carbocycles. The summed E-state index contributed by atoms with van der Waals surface area (Å²) in [7, 11) is 0. The minimum atomic E-state index is 0.107. The van der Waals surface area contributed by atoms with Gasteiger partial charge in [0.25, 0.3) is 0 Å². The van der Waals surface area contributed by atoms with Crippen LogP contribution in [0.25, 0.3) is 33.0 Å². The van der Waals surface area contributed by atoms with E-state index in [-0.39, 0.29) is 11.5 Å². The van der Waals surface area contributed by atoms with E-state index in [2.05, 4.69) is 217 Å². The minimum absolute atomic E-state index is 0.107. The molecule has 0 spiro atoms. The maximum absolute atomic E-state index is 4.36. The van der Waals surface area contributed by atoms with Crippen LogP contribution in [0, 0.1) is 17.8 Å². The van der Waals surface area contributed by atoms with Crippen LogP contribution in [0.5, 0.6) is 0 Å². The van der Waals surface area contributed by atoms with Crippen LogP contribution >= 0.6 is 0 Å². The van der Waals surface area contributed by atoms with E-state index in [0.29, 0.717) is 17.8 Å². The van der Waals surface area contributed by atoms with E-state index >= 15 is 0 Å². The number of anilines is 5. The third-order valence-electron chi connectivity index (χ3n) is 14.6. The molecule has 61 heavy (non-hydrogen) atoms. The summed E-state index contributed by atoms with van der Waals surface area (Å²) in [4.78, 5) is 5.08. The van der Waals surface area contributed by atoms with Crippen molar-refractivity contribution >= 4 is 39.2 Å². The molecule has 7 aromatic rings. The number of nitrogens with zero attached hydrogens (tertiary/aromatic N) is 2. The second kappa shape index (κ2) is 15.6. The molecule has 4 aliphatic rings. The maximum Gasteiger partial charge on any atom is 0.0629 e. The van der Waals surface area contributed by atoms with Crippen LogP contribution in [0.4, 0.5) is 28.4 Å². The fourth-order valence-corrected chi connectivity index (χ4v) is 12.0. The summed E-state index contributed by atoms with van der Waals surface area (Å²) in [5.74, 6) is 2.42. The highest BCUT2D eigenvalue weighted by atomic mass is 15.2. The normalized spacial score (nSPS) is 23.9. The Labute approximate surface area is 362 Å². The molecule has 1 heterocycles. The molecule has 3 aliphatic carbocycles. The Hall–Kier alpha value is -6.38. The van der Waals surface area contributed by atoms with E-state index in [1.807, 2.05) is 0 Å². The van der Waals surface area contributed by atoms with E-state index in [4.69, 9.17) is 0 Å². The van der Waals surface area contributed by atoms with E-state index in [1.54, 1.807) is 0 Å². The predicted octanol–water partition coefficient (Wildman–Crippen LogP) is 16.0. The quantitative estimate of drug-likeness (QED) is 0.142. The van der Waals surface area contributed by atoms with Gasteiger partial charge in [0, 0.05) is 34.1 Å². The average molecular weight is 791 g/mol. The van der Waals surface area contributed by atoms with E-state index in [1.165, 1.54) is 111 Å². The van der Waals surface area contributed by atoms with Crippen molar-refractivity contribution in [2.24, 2.45) is 17.8 Å². The number of benzene rings is 7. The Balaban J connectivity index is 0.942. The Morgan fingerprint density at radius 3 is 2.18 bits per heavy atom. The Kier molecular flexibility index (Phi) is 9.60. The Morgan fingerprint density at radius 2 is 1.33 bits per heavy atom. The van der Waals surface area contributed by atoms with Crippen LogP contribution < -0.4 is 9.80 Å². The number of hydrogen-bond acceptors (Lipinski definition) is 2. The van der Waals surface area contributed by atoms with Gasteiger partial charge < -0.3 is 9.80 Å². The van der Waals surface area contributed by atoms with Gasteiger partial charge in [0.05, 0.1) is 11.7 Å². The van der Waals surface area contributed by atoms with Crippen LogP contribution in [-0.2, 0) is 5.41 Å². The fraction of sp³-hybridized carbons (Fsp3) is 0.220. The standard InChI is InChI=1S/C59H54N2/c1-3-42-37-43-34-35-59(40-42,39-41(2)36-43)54-21-8-11-24-58(54)60(55-25-13-15-47-14-4-5-18-51(47)55)49-32-30-45(31-33-49)44-26-28-46(29-27-44)48-16-12-17-50(38-48)61-56-22-9-6-19-52(56)53-20-7-10-23-57(53)61/h3-33,38,41-43,52,56H,1,34-37,39-40H2,2H3/t41-,42-,43-,52?,56?,59?/m0/s1. The van der Waals surface area contributed by atoms with E-state index < -0.39 is 0 Å². The van der Waals surface area contributed by atoms with Gasteiger partial charge in [0.1, 0.15) is 0 Å². The lowest BCUT2D eigenvalue weighted by Gasteiger charge is -2.41. The van der Waals surface area contributed by atoms with Crippen molar-refractivity contribution in [2.75, 3.05) is 9.80 Å². The average Bonchev–Trinajstić information content (AvgIpc) is 3.42. The number of hydrogen-bond donors (Lipinski definition) is 0. The third kappa shape index (κ3) is 6.74. The second-order valence-corrected chi connectivity index (χ2v) is 18.4. The molecule has 2 bridgehead atoms. The molecule has 0 N–H and O–H groups in total. The molecule has 2 heteroatoms. The highest BCUT2D eigenvalue weighted by molar-refractivity contribution is 5.99. The van der Waals surface area contributed by atoms with Gasteiger partial charge in [0.15, 0.2) is 0 Å².